The number of fused-ring (bicyclic) bond motifs is 1. The maximum atomic E-state index is 13.1. The molecule has 18 heavy (non-hydrogen) atoms. The molecule has 1 aromatic rings. The third-order valence-electron chi connectivity index (χ3n) is 2.84. The second-order valence-electron chi connectivity index (χ2n) is 4.15. The summed E-state index contributed by atoms with van der Waals surface area (Å²) in [6.45, 7) is 1.88. The van der Waals surface area contributed by atoms with Crippen LogP contribution in [0.2, 0.25) is 0 Å². The monoisotopic (exact) mass is 249 g/mol. The molecule has 1 aromatic carbocycles. The minimum Gasteiger partial charge on any atom is -0.480 e. The summed E-state index contributed by atoms with van der Waals surface area (Å²) < 4.78 is 13.1. The number of Topliss-reactive ketones (excluding diaryl/α,β-unsaturated/α-hetero) is 1. The summed E-state index contributed by atoms with van der Waals surface area (Å²) in [5.41, 5.74) is 0.735. The van der Waals surface area contributed by atoms with E-state index in [0.717, 1.165) is 6.07 Å². The number of carbonyl (C=O) groups is 2. The highest BCUT2D eigenvalue weighted by Crippen LogP contribution is 2.30. The van der Waals surface area contributed by atoms with Gasteiger partial charge in [0.15, 0.2) is 11.7 Å². The molecule has 0 aromatic heterocycles. The number of carboxylic acids is 1. The Labute approximate surface area is 103 Å². The van der Waals surface area contributed by atoms with Gasteiger partial charge in [0.2, 0.25) is 0 Å². The van der Waals surface area contributed by atoms with Crippen LogP contribution in [0.5, 0.6) is 0 Å². The number of halogens is 1. The maximum absolute atomic E-state index is 13.1. The molecular formula is C13H12FNO3. The predicted molar refractivity (Wildman–Crippen MR) is 63.9 cm³/mol. The van der Waals surface area contributed by atoms with Crippen LogP contribution >= 0.6 is 0 Å². The van der Waals surface area contributed by atoms with Crippen LogP contribution in [0, 0.1) is 11.7 Å². The van der Waals surface area contributed by atoms with Crippen LogP contribution in [0.3, 0.4) is 0 Å². The molecule has 0 spiro atoms. The van der Waals surface area contributed by atoms with Crippen LogP contribution in [0.15, 0.2) is 23.2 Å². The second kappa shape index (κ2) is 4.68. The highest BCUT2D eigenvalue weighted by atomic mass is 19.1. The smallest absolute Gasteiger partial charge is 0.320 e. The number of aliphatic imine (C=N–C) groups is 1. The van der Waals surface area contributed by atoms with E-state index in [2.05, 4.69) is 4.99 Å². The van der Waals surface area contributed by atoms with Crippen LogP contribution in [0.1, 0.15) is 30.1 Å². The van der Waals surface area contributed by atoms with Crippen molar-refractivity contribution in [3.63, 3.8) is 0 Å². The molecule has 5 heteroatoms. The molecule has 1 aliphatic rings. The van der Waals surface area contributed by atoms with Gasteiger partial charge in [0.25, 0.3) is 0 Å². The summed E-state index contributed by atoms with van der Waals surface area (Å²) in [5.74, 6) is -3.67. The molecule has 0 saturated carbocycles. The second-order valence-corrected chi connectivity index (χ2v) is 4.15. The quantitative estimate of drug-likeness (QED) is 0.837. The first-order valence-electron chi connectivity index (χ1n) is 5.68. The SMILES string of the molecule is CCCC1=Nc2ccc(F)cc2C(=O)C1C(=O)O. The zero-order chi connectivity index (χ0) is 13.3. The molecule has 94 valence electrons. The molecular weight excluding hydrogens is 237 g/mol. The normalized spacial score (nSPS) is 18.2. The van der Waals surface area contributed by atoms with Gasteiger partial charge in [0.05, 0.1) is 5.69 Å². The van der Waals surface area contributed by atoms with Crippen molar-refractivity contribution < 1.29 is 19.1 Å². The van der Waals surface area contributed by atoms with Gasteiger partial charge in [-0.3, -0.25) is 14.6 Å². The van der Waals surface area contributed by atoms with Crippen molar-refractivity contribution in [2.24, 2.45) is 10.9 Å². The van der Waals surface area contributed by atoms with E-state index < -0.39 is 23.5 Å². The van der Waals surface area contributed by atoms with E-state index in [1.807, 2.05) is 6.92 Å². The number of nitrogens with zero attached hydrogens (tertiary/aromatic N) is 1. The Morgan fingerprint density at radius 2 is 2.22 bits per heavy atom. The van der Waals surface area contributed by atoms with Gasteiger partial charge in [-0.05, 0) is 24.6 Å². The highest BCUT2D eigenvalue weighted by molar-refractivity contribution is 6.27. The Morgan fingerprint density at radius 1 is 1.50 bits per heavy atom. The molecule has 0 saturated heterocycles. The van der Waals surface area contributed by atoms with Gasteiger partial charge in [0.1, 0.15) is 5.82 Å². The van der Waals surface area contributed by atoms with Crippen molar-refractivity contribution in [2.75, 3.05) is 0 Å². The molecule has 1 atom stereocenters. The van der Waals surface area contributed by atoms with Gasteiger partial charge in [-0.1, -0.05) is 13.3 Å². The van der Waals surface area contributed by atoms with E-state index >= 15 is 0 Å². The third-order valence-corrected chi connectivity index (χ3v) is 2.84. The van der Waals surface area contributed by atoms with Crippen molar-refractivity contribution in [3.05, 3.63) is 29.6 Å². The number of rotatable bonds is 3. The lowest BCUT2D eigenvalue weighted by Gasteiger charge is -2.20. The maximum Gasteiger partial charge on any atom is 0.320 e. The highest BCUT2D eigenvalue weighted by Gasteiger charge is 2.36. The molecule has 0 bridgehead atoms. The Kier molecular flexibility index (Phi) is 3.23. The number of aliphatic carboxylic acids is 1. The van der Waals surface area contributed by atoms with E-state index in [4.69, 9.17) is 5.11 Å². The predicted octanol–water partition coefficient (Wildman–Crippen LogP) is 2.60. The summed E-state index contributed by atoms with van der Waals surface area (Å²) in [4.78, 5) is 27.4. The van der Waals surface area contributed by atoms with E-state index in [-0.39, 0.29) is 5.56 Å². The zero-order valence-corrected chi connectivity index (χ0v) is 9.81. The Balaban J connectivity index is 2.56. The van der Waals surface area contributed by atoms with Gasteiger partial charge < -0.3 is 5.11 Å². The number of hydrogen-bond donors (Lipinski definition) is 1. The molecule has 0 radical (unpaired) electrons. The van der Waals surface area contributed by atoms with Crippen molar-refractivity contribution in [3.8, 4) is 0 Å². The van der Waals surface area contributed by atoms with Gasteiger partial charge in [-0.15, -0.1) is 0 Å². The largest absolute Gasteiger partial charge is 0.480 e. The topological polar surface area (TPSA) is 66.7 Å². The van der Waals surface area contributed by atoms with Crippen molar-refractivity contribution in [2.45, 2.75) is 19.8 Å². The van der Waals surface area contributed by atoms with Crippen LogP contribution in [0.25, 0.3) is 0 Å². The first-order chi connectivity index (χ1) is 8.54. The first-order valence-corrected chi connectivity index (χ1v) is 5.68. The number of hydrogen-bond acceptors (Lipinski definition) is 3. The fourth-order valence-electron chi connectivity index (χ4n) is 2.04. The molecule has 0 fully saturated rings. The summed E-state index contributed by atoms with van der Waals surface area (Å²) in [7, 11) is 0. The van der Waals surface area contributed by atoms with Crippen molar-refractivity contribution >= 4 is 23.2 Å². The molecule has 0 amide bonds. The van der Waals surface area contributed by atoms with E-state index in [0.29, 0.717) is 24.2 Å². The fourth-order valence-corrected chi connectivity index (χ4v) is 2.04. The molecule has 1 heterocycles. The van der Waals surface area contributed by atoms with Crippen LogP contribution in [-0.4, -0.2) is 22.6 Å². The number of carboxylic acid groups (broad SMARTS) is 1. The Hall–Kier alpha value is -2.04. The van der Waals surface area contributed by atoms with Gasteiger partial charge in [-0.2, -0.15) is 0 Å². The molecule has 1 N–H and O–H groups in total. The lowest BCUT2D eigenvalue weighted by Crippen LogP contribution is -2.34. The Morgan fingerprint density at radius 3 is 2.83 bits per heavy atom. The van der Waals surface area contributed by atoms with Crippen molar-refractivity contribution in [1.82, 2.24) is 0 Å². The van der Waals surface area contributed by atoms with Crippen molar-refractivity contribution in [1.29, 1.82) is 0 Å². The minimum absolute atomic E-state index is 0.0438. The zero-order valence-electron chi connectivity index (χ0n) is 9.81. The number of carbonyl (C=O) groups excluding carboxylic acids is 1. The average molecular weight is 249 g/mol. The van der Waals surface area contributed by atoms with E-state index in [1.54, 1.807) is 0 Å². The molecule has 1 aliphatic heterocycles. The summed E-state index contributed by atoms with van der Waals surface area (Å²) in [6, 6.07) is 3.65. The van der Waals surface area contributed by atoms with E-state index in [9.17, 15) is 14.0 Å². The first kappa shape index (κ1) is 12.4. The van der Waals surface area contributed by atoms with Gasteiger partial charge in [0, 0.05) is 11.3 Å². The number of ketones is 1. The molecule has 4 nitrogen and oxygen atoms in total. The van der Waals surface area contributed by atoms with Crippen LogP contribution in [0.4, 0.5) is 10.1 Å². The van der Waals surface area contributed by atoms with E-state index in [1.165, 1.54) is 12.1 Å². The fraction of sp³-hybridized carbons (Fsp3) is 0.308. The van der Waals surface area contributed by atoms with Crippen LogP contribution in [-0.2, 0) is 4.79 Å². The molecule has 0 aliphatic carbocycles. The Bertz CT molecular complexity index is 551. The van der Waals surface area contributed by atoms with Gasteiger partial charge in [-0.25, -0.2) is 4.39 Å². The number of benzene rings is 1. The lowest BCUT2D eigenvalue weighted by atomic mass is 9.87. The molecule has 1 unspecified atom stereocenters. The third kappa shape index (κ3) is 2.03. The average Bonchev–Trinajstić information content (AvgIpc) is 2.30. The summed E-state index contributed by atoms with van der Waals surface area (Å²) in [6.07, 6.45) is 1.14. The lowest BCUT2D eigenvalue weighted by molar-refractivity contribution is -0.138. The summed E-state index contributed by atoms with van der Waals surface area (Å²) in [5, 5.41) is 9.11. The minimum atomic E-state index is -1.28. The van der Waals surface area contributed by atoms with Gasteiger partial charge >= 0.3 is 5.97 Å². The summed E-state index contributed by atoms with van der Waals surface area (Å²) >= 11 is 0. The molecule has 2 rings (SSSR count). The standard InChI is InChI=1S/C13H12FNO3/c1-2-3-10-11(13(17)18)12(16)8-6-7(14)4-5-9(8)15-10/h4-6,11H,2-3H2,1H3,(H,17,18). The van der Waals surface area contributed by atoms with Crippen LogP contribution < -0.4 is 0 Å².